The number of aromatic nitrogens is 5. The molecular weight excluding hydrogens is 458 g/mol. The molecule has 0 unspecified atom stereocenters. The summed E-state index contributed by atoms with van der Waals surface area (Å²) in [6.07, 6.45) is 1.49. The summed E-state index contributed by atoms with van der Waals surface area (Å²) in [5.41, 5.74) is 1.79. The van der Waals surface area contributed by atoms with E-state index in [1.165, 1.54) is 6.20 Å². The molecule has 0 bridgehead atoms. The highest BCUT2D eigenvalue weighted by atomic mass is 35.5. The van der Waals surface area contributed by atoms with E-state index in [2.05, 4.69) is 40.4 Å². The molecule has 0 aliphatic carbocycles. The van der Waals surface area contributed by atoms with E-state index in [1.54, 1.807) is 17.7 Å². The largest absolute Gasteiger partial charge is 0.395 e. The van der Waals surface area contributed by atoms with Crippen LogP contribution < -0.4 is 15.5 Å². The van der Waals surface area contributed by atoms with Gasteiger partial charge in [0.2, 0.25) is 17.8 Å². The van der Waals surface area contributed by atoms with Gasteiger partial charge in [0.25, 0.3) is 5.91 Å². The number of carbonyl (C=O) groups excluding carboxylic acids is 1. The second-order valence-electron chi connectivity index (χ2n) is 8.10. The van der Waals surface area contributed by atoms with E-state index in [4.69, 9.17) is 16.7 Å². The molecule has 1 aliphatic heterocycles. The molecule has 3 aromatic rings. The summed E-state index contributed by atoms with van der Waals surface area (Å²) in [4.78, 5) is 34.9. The summed E-state index contributed by atoms with van der Waals surface area (Å²) >= 11 is 6.24. The predicted molar refractivity (Wildman–Crippen MR) is 131 cm³/mol. The van der Waals surface area contributed by atoms with Crippen molar-refractivity contribution in [3.8, 4) is 0 Å². The summed E-state index contributed by atoms with van der Waals surface area (Å²) < 4.78 is 1.63. The molecule has 3 heterocycles. The number of rotatable bonds is 7. The van der Waals surface area contributed by atoms with Crippen LogP contribution in [-0.2, 0) is 7.05 Å². The topological polar surface area (TPSA) is 124 Å². The van der Waals surface area contributed by atoms with Crippen molar-refractivity contribution in [1.29, 1.82) is 0 Å². The molecule has 34 heavy (non-hydrogen) atoms. The van der Waals surface area contributed by atoms with Crippen LogP contribution in [0.25, 0.3) is 0 Å². The van der Waals surface area contributed by atoms with Crippen LogP contribution in [-0.4, -0.2) is 79.7 Å². The average molecular weight is 486 g/mol. The van der Waals surface area contributed by atoms with Gasteiger partial charge in [0, 0.05) is 39.8 Å². The van der Waals surface area contributed by atoms with E-state index in [0.717, 1.165) is 31.7 Å². The van der Waals surface area contributed by atoms with Gasteiger partial charge in [-0.15, -0.1) is 0 Å². The highest BCUT2D eigenvalue weighted by molar-refractivity contribution is 6.34. The number of piperazine rings is 1. The molecule has 0 saturated carbocycles. The molecule has 2 aromatic heterocycles. The molecule has 1 saturated heterocycles. The van der Waals surface area contributed by atoms with Crippen LogP contribution in [0.1, 0.15) is 21.9 Å². The Balaban J connectivity index is 1.48. The zero-order chi connectivity index (χ0) is 24.2. The zero-order valence-electron chi connectivity index (χ0n) is 19.4. The molecule has 180 valence electrons. The SMILES string of the molecule is Cc1nc(Nc2ncc(C(=O)Nc3c(C)cccc3Cl)n2C)nc(N2CCN(CCO)CC2)n1. The first-order valence-corrected chi connectivity index (χ1v) is 11.4. The maximum Gasteiger partial charge on any atom is 0.274 e. The van der Waals surface area contributed by atoms with E-state index in [-0.39, 0.29) is 12.5 Å². The molecule has 1 aliphatic rings. The zero-order valence-corrected chi connectivity index (χ0v) is 20.2. The number of benzene rings is 1. The van der Waals surface area contributed by atoms with Gasteiger partial charge in [0.05, 0.1) is 23.5 Å². The number of para-hydroxylation sites is 1. The number of nitrogens with zero attached hydrogens (tertiary/aromatic N) is 7. The number of amides is 1. The van der Waals surface area contributed by atoms with E-state index in [0.29, 0.717) is 46.6 Å². The third kappa shape index (κ3) is 5.27. The van der Waals surface area contributed by atoms with Gasteiger partial charge >= 0.3 is 0 Å². The van der Waals surface area contributed by atoms with E-state index < -0.39 is 0 Å². The van der Waals surface area contributed by atoms with Crippen LogP contribution in [0.3, 0.4) is 0 Å². The molecule has 12 heteroatoms. The summed E-state index contributed by atoms with van der Waals surface area (Å²) in [6.45, 7) is 7.69. The minimum atomic E-state index is -0.326. The van der Waals surface area contributed by atoms with Gasteiger partial charge < -0.3 is 19.9 Å². The molecule has 3 N–H and O–H groups in total. The number of β-amino-alcohol motifs (C(OH)–C–C–N with tert-alkyl or cyclic N) is 1. The fraction of sp³-hybridized carbons (Fsp3) is 0.409. The summed E-state index contributed by atoms with van der Waals surface area (Å²) in [5.74, 6) is 1.60. The Labute approximate surface area is 202 Å². The lowest BCUT2D eigenvalue weighted by molar-refractivity contribution is 0.101. The number of halogens is 1. The number of hydrogen-bond donors (Lipinski definition) is 3. The fourth-order valence-corrected chi connectivity index (χ4v) is 4.05. The van der Waals surface area contributed by atoms with Crippen LogP contribution in [0, 0.1) is 13.8 Å². The lowest BCUT2D eigenvalue weighted by Gasteiger charge is -2.34. The van der Waals surface area contributed by atoms with Crippen LogP contribution in [0.15, 0.2) is 24.4 Å². The smallest absolute Gasteiger partial charge is 0.274 e. The molecular formula is C22H28ClN9O2. The second-order valence-corrected chi connectivity index (χ2v) is 8.50. The summed E-state index contributed by atoms with van der Waals surface area (Å²) in [7, 11) is 1.74. The Morgan fingerprint density at radius 3 is 2.62 bits per heavy atom. The first-order chi connectivity index (χ1) is 16.4. The molecule has 0 radical (unpaired) electrons. The van der Waals surface area contributed by atoms with Gasteiger partial charge in [-0.3, -0.25) is 15.0 Å². The van der Waals surface area contributed by atoms with Gasteiger partial charge in [0.1, 0.15) is 11.5 Å². The average Bonchev–Trinajstić information content (AvgIpc) is 3.16. The van der Waals surface area contributed by atoms with Gasteiger partial charge in [-0.1, -0.05) is 23.7 Å². The minimum absolute atomic E-state index is 0.153. The number of aliphatic hydroxyl groups excluding tert-OH is 1. The lowest BCUT2D eigenvalue weighted by atomic mass is 10.2. The van der Waals surface area contributed by atoms with Crippen LogP contribution in [0.2, 0.25) is 5.02 Å². The number of aryl methyl sites for hydroxylation is 2. The molecule has 0 spiro atoms. The van der Waals surface area contributed by atoms with Crippen LogP contribution in [0.5, 0.6) is 0 Å². The van der Waals surface area contributed by atoms with Crippen molar-refractivity contribution in [3.63, 3.8) is 0 Å². The fourth-order valence-electron chi connectivity index (χ4n) is 3.78. The second kappa shape index (κ2) is 10.3. The maximum absolute atomic E-state index is 12.9. The molecule has 1 aromatic carbocycles. The van der Waals surface area contributed by atoms with Crippen molar-refractivity contribution in [2.45, 2.75) is 13.8 Å². The van der Waals surface area contributed by atoms with Crippen molar-refractivity contribution in [2.75, 3.05) is 54.9 Å². The van der Waals surface area contributed by atoms with Crippen molar-refractivity contribution in [1.82, 2.24) is 29.4 Å². The van der Waals surface area contributed by atoms with Gasteiger partial charge in [0.15, 0.2) is 0 Å². The Morgan fingerprint density at radius 2 is 1.91 bits per heavy atom. The molecule has 0 atom stereocenters. The lowest BCUT2D eigenvalue weighted by Crippen LogP contribution is -2.47. The van der Waals surface area contributed by atoms with Crippen LogP contribution >= 0.6 is 11.6 Å². The van der Waals surface area contributed by atoms with Crippen molar-refractivity contribution >= 4 is 41.0 Å². The molecule has 1 fully saturated rings. The van der Waals surface area contributed by atoms with Crippen molar-refractivity contribution < 1.29 is 9.90 Å². The predicted octanol–water partition coefficient (Wildman–Crippen LogP) is 1.99. The highest BCUT2D eigenvalue weighted by Crippen LogP contribution is 2.26. The summed E-state index contributed by atoms with van der Waals surface area (Å²) in [6, 6.07) is 5.44. The normalized spacial score (nSPS) is 14.3. The molecule has 4 rings (SSSR count). The third-order valence-electron chi connectivity index (χ3n) is 5.71. The third-order valence-corrected chi connectivity index (χ3v) is 6.03. The monoisotopic (exact) mass is 485 g/mol. The maximum atomic E-state index is 12.9. The Morgan fingerprint density at radius 1 is 1.15 bits per heavy atom. The summed E-state index contributed by atoms with van der Waals surface area (Å²) in [5, 5.41) is 15.6. The number of anilines is 4. The minimum Gasteiger partial charge on any atom is -0.395 e. The number of aliphatic hydroxyl groups is 1. The Bertz CT molecular complexity index is 1150. The van der Waals surface area contributed by atoms with Gasteiger partial charge in [-0.25, -0.2) is 4.98 Å². The van der Waals surface area contributed by atoms with Crippen molar-refractivity contribution in [3.05, 3.63) is 46.5 Å². The first-order valence-electron chi connectivity index (χ1n) is 11.0. The number of carbonyl (C=O) groups is 1. The molecule has 1 amide bonds. The van der Waals surface area contributed by atoms with E-state index >= 15 is 0 Å². The highest BCUT2D eigenvalue weighted by Gasteiger charge is 2.21. The van der Waals surface area contributed by atoms with Crippen molar-refractivity contribution in [2.24, 2.45) is 7.05 Å². The number of nitrogens with one attached hydrogen (secondary N) is 2. The number of hydrogen-bond acceptors (Lipinski definition) is 9. The Hall–Kier alpha value is -3.28. The van der Waals surface area contributed by atoms with Gasteiger partial charge in [-0.05, 0) is 25.5 Å². The number of imidazole rings is 1. The van der Waals surface area contributed by atoms with Crippen LogP contribution in [0.4, 0.5) is 23.5 Å². The first kappa shape index (κ1) is 23.9. The van der Waals surface area contributed by atoms with Gasteiger partial charge in [-0.2, -0.15) is 15.0 Å². The molecule has 11 nitrogen and oxygen atoms in total. The quantitative estimate of drug-likeness (QED) is 0.460. The standard InChI is InChI=1S/C22H28ClN9O2/c1-14-5-4-6-16(23)18(14)27-19(34)17-13-24-21(30(17)3)28-20-25-15(2)26-22(29-20)32-9-7-31(8-10-32)11-12-33/h4-6,13,33H,7-12H2,1-3H3,(H,27,34)(H,24,25,26,28,29). The van der Waals surface area contributed by atoms with E-state index in [1.807, 2.05) is 26.0 Å². The Kier molecular flexibility index (Phi) is 7.25. The van der Waals surface area contributed by atoms with E-state index in [9.17, 15) is 4.79 Å².